The van der Waals surface area contributed by atoms with Crippen LogP contribution in [0.5, 0.6) is 5.75 Å². The average molecular weight is 444 g/mol. The summed E-state index contributed by atoms with van der Waals surface area (Å²) in [6, 6.07) is 8.86. The number of methoxy groups -OCH3 is 1. The number of aromatic nitrogens is 1. The Bertz CT molecular complexity index is 973. The van der Waals surface area contributed by atoms with Crippen LogP contribution in [0.15, 0.2) is 36.5 Å². The van der Waals surface area contributed by atoms with Crippen LogP contribution in [0.2, 0.25) is 0 Å². The maximum Gasteiger partial charge on any atom is 0.409 e. The third-order valence-electron chi connectivity index (χ3n) is 5.74. The van der Waals surface area contributed by atoms with Gasteiger partial charge in [0, 0.05) is 19.2 Å². The first-order valence-electron chi connectivity index (χ1n) is 10.8. The topological polar surface area (TPSA) is 80.8 Å². The molecule has 1 N–H and O–H groups in total. The highest BCUT2D eigenvalue weighted by Crippen LogP contribution is 2.40. The van der Waals surface area contributed by atoms with Crippen LogP contribution in [-0.2, 0) is 14.9 Å². The molecule has 7 nitrogen and oxygen atoms in total. The lowest BCUT2D eigenvalue weighted by Gasteiger charge is -2.49. The van der Waals surface area contributed by atoms with E-state index in [1.165, 1.54) is 18.2 Å². The van der Waals surface area contributed by atoms with E-state index < -0.39 is 17.5 Å². The lowest BCUT2D eigenvalue weighted by Crippen LogP contribution is -2.66. The zero-order valence-electron chi connectivity index (χ0n) is 19.0. The Morgan fingerprint density at radius 1 is 1.28 bits per heavy atom. The predicted molar refractivity (Wildman–Crippen MR) is 119 cm³/mol. The molecule has 3 rings (SSSR count). The van der Waals surface area contributed by atoms with Gasteiger partial charge in [0.2, 0.25) is 11.9 Å². The number of halogens is 1. The summed E-state index contributed by atoms with van der Waals surface area (Å²) in [6.45, 7) is 6.87. The quantitative estimate of drug-likeness (QED) is 0.481. The van der Waals surface area contributed by atoms with Crippen molar-refractivity contribution in [3.8, 4) is 5.75 Å². The van der Waals surface area contributed by atoms with Crippen LogP contribution < -0.4 is 10.1 Å². The van der Waals surface area contributed by atoms with Gasteiger partial charge in [-0.2, -0.15) is 4.39 Å². The Balaban J connectivity index is 1.91. The molecule has 1 saturated heterocycles. The van der Waals surface area contributed by atoms with E-state index in [0.29, 0.717) is 6.61 Å². The molecule has 8 heteroatoms. The first-order valence-corrected chi connectivity index (χ1v) is 10.8. The Kier molecular flexibility index (Phi) is 7.33. The van der Waals surface area contributed by atoms with Gasteiger partial charge in [-0.25, -0.2) is 9.78 Å². The summed E-state index contributed by atoms with van der Waals surface area (Å²) in [5.74, 6) is -0.656. The van der Waals surface area contributed by atoms with E-state index in [-0.39, 0.29) is 36.4 Å². The van der Waals surface area contributed by atoms with Crippen molar-refractivity contribution in [1.29, 1.82) is 0 Å². The Morgan fingerprint density at radius 2 is 2.00 bits per heavy atom. The standard InChI is InChI=1S/C24H30FN3O4/c1-5-6-11-32-23(30)28-14-24(15-28,18-10-8-7-9-17(18)16(2)3)22(29)27-19-13-26-21(25)12-20(19)31-4/h7-10,12-13,16H,5-6,11,14-15H2,1-4H3,(H,27,29). The fraction of sp³-hybridized carbons (Fsp3) is 0.458. The van der Waals surface area contributed by atoms with E-state index >= 15 is 0 Å². The largest absolute Gasteiger partial charge is 0.494 e. The third-order valence-corrected chi connectivity index (χ3v) is 5.74. The van der Waals surface area contributed by atoms with Crippen molar-refractivity contribution >= 4 is 17.7 Å². The van der Waals surface area contributed by atoms with Crippen LogP contribution in [-0.4, -0.2) is 48.7 Å². The van der Waals surface area contributed by atoms with Gasteiger partial charge in [-0.05, 0) is 23.5 Å². The molecule has 2 aromatic rings. The minimum atomic E-state index is -0.968. The van der Waals surface area contributed by atoms with Crippen molar-refractivity contribution < 1.29 is 23.5 Å². The molecule has 1 aromatic heterocycles. The van der Waals surface area contributed by atoms with Crippen LogP contribution >= 0.6 is 0 Å². The summed E-state index contributed by atoms with van der Waals surface area (Å²) in [5.41, 5.74) is 1.19. The summed E-state index contributed by atoms with van der Waals surface area (Å²) in [7, 11) is 1.39. The number of carbonyl (C=O) groups excluding carboxylic acids is 2. The van der Waals surface area contributed by atoms with Crippen molar-refractivity contribution in [3.05, 3.63) is 53.6 Å². The van der Waals surface area contributed by atoms with E-state index in [4.69, 9.17) is 9.47 Å². The van der Waals surface area contributed by atoms with Crippen LogP contribution in [0, 0.1) is 5.95 Å². The minimum Gasteiger partial charge on any atom is -0.494 e. The van der Waals surface area contributed by atoms with Gasteiger partial charge >= 0.3 is 6.09 Å². The molecule has 1 aliphatic heterocycles. The van der Waals surface area contributed by atoms with Crippen molar-refractivity contribution in [2.45, 2.75) is 44.9 Å². The smallest absolute Gasteiger partial charge is 0.409 e. The third kappa shape index (κ3) is 4.69. The fourth-order valence-electron chi connectivity index (χ4n) is 3.92. The van der Waals surface area contributed by atoms with E-state index in [0.717, 1.165) is 30.0 Å². The molecule has 32 heavy (non-hydrogen) atoms. The second-order valence-electron chi connectivity index (χ2n) is 8.31. The number of likely N-dealkylation sites (tertiary alicyclic amines) is 1. The highest BCUT2D eigenvalue weighted by atomic mass is 19.1. The number of carbonyl (C=O) groups is 2. The molecule has 0 spiro atoms. The van der Waals surface area contributed by atoms with Gasteiger partial charge in [0.1, 0.15) is 16.9 Å². The lowest BCUT2D eigenvalue weighted by molar-refractivity contribution is -0.127. The average Bonchev–Trinajstić information content (AvgIpc) is 2.74. The molecule has 0 saturated carbocycles. The van der Waals surface area contributed by atoms with Crippen LogP contribution in [0.4, 0.5) is 14.9 Å². The number of pyridine rings is 1. The van der Waals surface area contributed by atoms with Crippen molar-refractivity contribution in [2.24, 2.45) is 0 Å². The highest BCUT2D eigenvalue weighted by Gasteiger charge is 2.54. The molecule has 0 radical (unpaired) electrons. The number of hydrogen-bond acceptors (Lipinski definition) is 5. The number of amides is 2. The van der Waals surface area contributed by atoms with Crippen LogP contribution in [0.25, 0.3) is 0 Å². The van der Waals surface area contributed by atoms with E-state index in [1.807, 2.05) is 31.2 Å². The van der Waals surface area contributed by atoms with Gasteiger partial charge in [0.25, 0.3) is 0 Å². The van der Waals surface area contributed by atoms with Crippen molar-refractivity contribution in [1.82, 2.24) is 9.88 Å². The summed E-state index contributed by atoms with van der Waals surface area (Å²) in [6.07, 6.45) is 2.52. The molecule has 1 aliphatic rings. The number of benzene rings is 1. The van der Waals surface area contributed by atoms with E-state index in [1.54, 1.807) is 0 Å². The highest BCUT2D eigenvalue weighted by molar-refractivity contribution is 6.02. The normalized spacial score (nSPS) is 14.6. The molecule has 1 aromatic carbocycles. The first-order chi connectivity index (χ1) is 15.3. The maximum absolute atomic E-state index is 13.6. The minimum absolute atomic E-state index is 0.174. The number of anilines is 1. The summed E-state index contributed by atoms with van der Waals surface area (Å²) in [4.78, 5) is 31.2. The molecule has 0 bridgehead atoms. The van der Waals surface area contributed by atoms with Gasteiger partial charge in [0.15, 0.2) is 0 Å². The van der Waals surface area contributed by atoms with Crippen LogP contribution in [0.1, 0.15) is 50.7 Å². The molecule has 172 valence electrons. The number of nitrogens with one attached hydrogen (secondary N) is 1. The second-order valence-corrected chi connectivity index (χ2v) is 8.31. The number of nitrogens with zero attached hydrogens (tertiary/aromatic N) is 2. The molecule has 2 heterocycles. The summed E-state index contributed by atoms with van der Waals surface area (Å²) in [5, 5.41) is 2.84. The monoisotopic (exact) mass is 443 g/mol. The summed E-state index contributed by atoms with van der Waals surface area (Å²) >= 11 is 0. The first kappa shape index (κ1) is 23.5. The molecule has 0 aliphatic carbocycles. The van der Waals surface area contributed by atoms with Gasteiger partial charge in [-0.1, -0.05) is 51.5 Å². The zero-order chi connectivity index (χ0) is 23.3. The van der Waals surface area contributed by atoms with Crippen molar-refractivity contribution in [2.75, 3.05) is 32.1 Å². The molecular formula is C24H30FN3O4. The number of unbranched alkanes of at least 4 members (excludes halogenated alkanes) is 1. The maximum atomic E-state index is 13.6. The van der Waals surface area contributed by atoms with Gasteiger partial charge in [0.05, 0.1) is 19.9 Å². The van der Waals surface area contributed by atoms with Gasteiger partial charge in [-0.3, -0.25) is 4.79 Å². The number of hydrogen-bond donors (Lipinski definition) is 1. The van der Waals surface area contributed by atoms with Crippen LogP contribution in [0.3, 0.4) is 0 Å². The Hall–Kier alpha value is -3.16. The second kappa shape index (κ2) is 9.97. The zero-order valence-corrected chi connectivity index (χ0v) is 19.0. The van der Waals surface area contributed by atoms with Gasteiger partial charge in [-0.15, -0.1) is 0 Å². The molecule has 0 atom stereocenters. The Morgan fingerprint density at radius 3 is 2.66 bits per heavy atom. The van der Waals surface area contributed by atoms with Crippen molar-refractivity contribution in [3.63, 3.8) is 0 Å². The van der Waals surface area contributed by atoms with E-state index in [2.05, 4.69) is 24.1 Å². The summed E-state index contributed by atoms with van der Waals surface area (Å²) < 4.78 is 24.0. The SMILES string of the molecule is CCCCOC(=O)N1CC(C(=O)Nc2cnc(F)cc2OC)(c2ccccc2C(C)C)C1. The van der Waals surface area contributed by atoms with Gasteiger partial charge < -0.3 is 19.7 Å². The number of rotatable bonds is 8. The predicted octanol–water partition coefficient (Wildman–Crippen LogP) is 4.48. The fourth-order valence-corrected chi connectivity index (χ4v) is 3.92. The van der Waals surface area contributed by atoms with E-state index in [9.17, 15) is 14.0 Å². The lowest BCUT2D eigenvalue weighted by atomic mass is 9.70. The molecule has 2 amide bonds. The number of ether oxygens (including phenoxy) is 2. The molecular weight excluding hydrogens is 413 g/mol. The molecule has 1 fully saturated rings. The molecule has 0 unspecified atom stereocenters. The Labute approximate surface area is 187 Å².